The molecule has 0 bridgehead atoms. The summed E-state index contributed by atoms with van der Waals surface area (Å²) in [5.74, 6) is -1.36. The first kappa shape index (κ1) is 18.4. The smallest absolute Gasteiger partial charge is 0.408 e. The van der Waals surface area contributed by atoms with Crippen molar-refractivity contribution in [3.05, 3.63) is 35.9 Å². The Hall–Kier alpha value is -2.61. The van der Waals surface area contributed by atoms with E-state index in [0.717, 1.165) is 5.56 Å². The molecule has 8 heteroatoms. The molecule has 8 nitrogen and oxygen atoms in total. The van der Waals surface area contributed by atoms with Crippen LogP contribution in [-0.2, 0) is 25.7 Å². The van der Waals surface area contributed by atoms with Gasteiger partial charge in [0, 0.05) is 0 Å². The monoisotopic (exact) mass is 324 g/mol. The summed E-state index contributed by atoms with van der Waals surface area (Å²) >= 11 is 0. The Bertz CT molecular complexity index is 534. The molecule has 23 heavy (non-hydrogen) atoms. The second-order valence-corrected chi connectivity index (χ2v) is 4.69. The third-order valence-corrected chi connectivity index (χ3v) is 2.92. The number of carbonyl (C=O) groups is 3. The Labute approximate surface area is 133 Å². The number of nitrogens with one attached hydrogen (secondary N) is 2. The molecule has 0 fully saturated rings. The number of alkyl carbamates (subject to hydrolysis) is 1. The molecule has 0 saturated carbocycles. The Balaban J connectivity index is 2.46. The van der Waals surface area contributed by atoms with Crippen molar-refractivity contribution in [1.82, 2.24) is 10.6 Å². The minimum Gasteiger partial charge on any atom is -0.467 e. The summed E-state index contributed by atoms with van der Waals surface area (Å²) in [5, 5.41) is 13.7. The van der Waals surface area contributed by atoms with E-state index in [1.807, 2.05) is 6.07 Å². The van der Waals surface area contributed by atoms with E-state index in [4.69, 9.17) is 4.74 Å². The number of aliphatic hydroxyl groups is 1. The molecule has 0 aromatic heterocycles. The molecule has 1 aromatic carbocycles. The van der Waals surface area contributed by atoms with Crippen molar-refractivity contribution in [1.29, 1.82) is 0 Å². The lowest BCUT2D eigenvalue weighted by Crippen LogP contribution is -2.52. The third kappa shape index (κ3) is 6.35. The zero-order chi connectivity index (χ0) is 17.2. The van der Waals surface area contributed by atoms with Gasteiger partial charge in [0.05, 0.1) is 13.7 Å². The van der Waals surface area contributed by atoms with Crippen LogP contribution in [-0.4, -0.2) is 48.9 Å². The fourth-order valence-corrected chi connectivity index (χ4v) is 1.65. The van der Waals surface area contributed by atoms with E-state index >= 15 is 0 Å². The quantitative estimate of drug-likeness (QED) is 0.606. The van der Waals surface area contributed by atoms with Gasteiger partial charge in [-0.2, -0.15) is 0 Å². The molecule has 2 amide bonds. The van der Waals surface area contributed by atoms with Gasteiger partial charge in [-0.25, -0.2) is 9.59 Å². The molecule has 0 aliphatic heterocycles. The molecule has 0 spiro atoms. The number of hydrogen-bond acceptors (Lipinski definition) is 6. The van der Waals surface area contributed by atoms with Crippen molar-refractivity contribution in [3.63, 3.8) is 0 Å². The van der Waals surface area contributed by atoms with Crippen LogP contribution in [0.5, 0.6) is 0 Å². The number of aliphatic hydroxyl groups excluding tert-OH is 1. The second-order valence-electron chi connectivity index (χ2n) is 4.69. The predicted octanol–water partition coefficient (Wildman–Crippen LogP) is -0.0486. The Kier molecular flexibility index (Phi) is 7.55. The topological polar surface area (TPSA) is 114 Å². The lowest BCUT2D eigenvalue weighted by Gasteiger charge is -2.18. The average Bonchev–Trinajstić information content (AvgIpc) is 2.57. The molecule has 1 aromatic rings. The zero-order valence-electron chi connectivity index (χ0n) is 12.9. The summed E-state index contributed by atoms with van der Waals surface area (Å²) in [5.41, 5.74) is 0.784. The molecule has 3 N–H and O–H groups in total. The summed E-state index contributed by atoms with van der Waals surface area (Å²) in [6.07, 6.45) is -0.853. The van der Waals surface area contributed by atoms with Crippen LogP contribution in [0.4, 0.5) is 4.79 Å². The average molecular weight is 324 g/mol. The van der Waals surface area contributed by atoms with E-state index in [1.54, 1.807) is 24.3 Å². The number of amides is 2. The molecule has 1 rings (SSSR count). The van der Waals surface area contributed by atoms with Crippen molar-refractivity contribution in [2.24, 2.45) is 0 Å². The highest BCUT2D eigenvalue weighted by Crippen LogP contribution is 2.01. The summed E-state index contributed by atoms with van der Waals surface area (Å²) in [7, 11) is 1.19. The van der Waals surface area contributed by atoms with Gasteiger partial charge in [0.2, 0.25) is 5.91 Å². The van der Waals surface area contributed by atoms with E-state index in [9.17, 15) is 19.5 Å². The van der Waals surface area contributed by atoms with E-state index in [-0.39, 0.29) is 6.61 Å². The van der Waals surface area contributed by atoms with E-state index in [1.165, 1.54) is 14.0 Å². The second kappa shape index (κ2) is 9.42. The maximum absolute atomic E-state index is 11.9. The maximum Gasteiger partial charge on any atom is 0.408 e. The van der Waals surface area contributed by atoms with Gasteiger partial charge in [-0.3, -0.25) is 4.79 Å². The highest BCUT2D eigenvalue weighted by atomic mass is 16.5. The fraction of sp³-hybridized carbons (Fsp3) is 0.400. The first-order valence-corrected chi connectivity index (χ1v) is 6.94. The highest BCUT2D eigenvalue weighted by Gasteiger charge is 2.24. The van der Waals surface area contributed by atoms with E-state index in [2.05, 4.69) is 15.4 Å². The Morgan fingerprint density at radius 3 is 2.39 bits per heavy atom. The van der Waals surface area contributed by atoms with Gasteiger partial charge in [-0.05, 0) is 12.5 Å². The molecule has 0 radical (unpaired) electrons. The number of carbonyl (C=O) groups excluding carboxylic acids is 3. The summed E-state index contributed by atoms with van der Waals surface area (Å²) in [6, 6.07) is 6.86. The minimum absolute atomic E-state index is 0.0327. The van der Waals surface area contributed by atoms with Crippen LogP contribution < -0.4 is 10.6 Å². The number of hydrogen-bond donors (Lipinski definition) is 3. The SMILES string of the molecule is COC(=O)[C@@H](C)NC(=O)[C@H](CO)NC(=O)OCc1ccccc1. The van der Waals surface area contributed by atoms with Crippen molar-refractivity contribution in [3.8, 4) is 0 Å². The van der Waals surface area contributed by atoms with Gasteiger partial charge in [0.15, 0.2) is 0 Å². The number of methoxy groups -OCH3 is 1. The molecule has 0 saturated heterocycles. The lowest BCUT2D eigenvalue weighted by atomic mass is 10.2. The first-order valence-electron chi connectivity index (χ1n) is 6.94. The minimum atomic E-state index is -1.23. The number of ether oxygens (including phenoxy) is 2. The number of rotatable bonds is 7. The van der Waals surface area contributed by atoms with Crippen LogP contribution >= 0.6 is 0 Å². The van der Waals surface area contributed by atoms with E-state index < -0.39 is 36.7 Å². The van der Waals surface area contributed by atoms with Gasteiger partial charge in [-0.15, -0.1) is 0 Å². The van der Waals surface area contributed by atoms with Crippen molar-refractivity contribution >= 4 is 18.0 Å². The first-order chi connectivity index (χ1) is 11.0. The molecule has 2 atom stereocenters. The number of benzene rings is 1. The molecular weight excluding hydrogens is 304 g/mol. The standard InChI is InChI=1S/C15H20N2O6/c1-10(14(20)22-2)16-13(19)12(8-18)17-15(21)23-9-11-6-4-3-5-7-11/h3-7,10,12,18H,8-9H2,1-2H3,(H,16,19)(H,17,21)/t10-,12+/m1/s1. The number of esters is 1. The van der Waals surface area contributed by atoms with Crippen LogP contribution in [0, 0.1) is 0 Å². The maximum atomic E-state index is 11.9. The van der Waals surface area contributed by atoms with Gasteiger partial charge >= 0.3 is 12.1 Å². The van der Waals surface area contributed by atoms with Gasteiger partial charge < -0.3 is 25.2 Å². The van der Waals surface area contributed by atoms with Crippen molar-refractivity contribution in [2.45, 2.75) is 25.6 Å². The van der Waals surface area contributed by atoms with Crippen LogP contribution in [0.25, 0.3) is 0 Å². The molecule has 0 heterocycles. The van der Waals surface area contributed by atoms with Crippen LogP contribution in [0.2, 0.25) is 0 Å². The summed E-state index contributed by atoms with van der Waals surface area (Å²) in [6.45, 7) is 0.817. The third-order valence-electron chi connectivity index (χ3n) is 2.92. The van der Waals surface area contributed by atoms with Crippen LogP contribution in [0.1, 0.15) is 12.5 Å². The lowest BCUT2D eigenvalue weighted by molar-refractivity contribution is -0.144. The van der Waals surface area contributed by atoms with Crippen LogP contribution in [0.15, 0.2) is 30.3 Å². The fourth-order valence-electron chi connectivity index (χ4n) is 1.65. The molecule has 0 unspecified atom stereocenters. The van der Waals surface area contributed by atoms with E-state index in [0.29, 0.717) is 0 Å². The molecule has 0 aliphatic carbocycles. The highest BCUT2D eigenvalue weighted by molar-refractivity contribution is 5.89. The zero-order valence-corrected chi connectivity index (χ0v) is 12.9. The van der Waals surface area contributed by atoms with Gasteiger partial charge in [-0.1, -0.05) is 30.3 Å². The van der Waals surface area contributed by atoms with Gasteiger partial charge in [0.25, 0.3) is 0 Å². The predicted molar refractivity (Wildman–Crippen MR) is 80.3 cm³/mol. The normalized spacial score (nSPS) is 12.7. The summed E-state index contributed by atoms with van der Waals surface area (Å²) < 4.78 is 9.42. The Morgan fingerprint density at radius 1 is 1.17 bits per heavy atom. The largest absolute Gasteiger partial charge is 0.467 e. The Morgan fingerprint density at radius 2 is 1.83 bits per heavy atom. The van der Waals surface area contributed by atoms with Gasteiger partial charge in [0.1, 0.15) is 18.7 Å². The van der Waals surface area contributed by atoms with Crippen LogP contribution in [0.3, 0.4) is 0 Å². The molecule has 0 aliphatic rings. The molecule has 126 valence electrons. The molecular formula is C15H20N2O6. The summed E-state index contributed by atoms with van der Waals surface area (Å²) in [4.78, 5) is 34.7. The van der Waals surface area contributed by atoms with Crippen molar-refractivity contribution in [2.75, 3.05) is 13.7 Å². The van der Waals surface area contributed by atoms with Crippen molar-refractivity contribution < 1.29 is 29.0 Å².